The number of rotatable bonds is 5. The summed E-state index contributed by atoms with van der Waals surface area (Å²) in [6.45, 7) is 1.01. The van der Waals surface area contributed by atoms with Crippen LogP contribution in [0.3, 0.4) is 0 Å². The Balaban J connectivity index is 1.94. The van der Waals surface area contributed by atoms with Crippen LogP contribution in [0.1, 0.15) is 12.0 Å². The Kier molecular flexibility index (Phi) is 5.14. The highest BCUT2D eigenvalue weighted by molar-refractivity contribution is 5.82. The Bertz CT molecular complexity index is 510. The molecule has 0 saturated carbocycles. The van der Waals surface area contributed by atoms with Crippen LogP contribution < -0.4 is 10.1 Å². The van der Waals surface area contributed by atoms with E-state index in [2.05, 4.69) is 5.32 Å². The molecule has 1 aliphatic rings. The molecule has 5 nitrogen and oxygen atoms in total. The summed E-state index contributed by atoms with van der Waals surface area (Å²) in [6.07, 6.45) is 0.755. The van der Waals surface area contributed by atoms with Gasteiger partial charge in [-0.05, 0) is 31.2 Å². The molecule has 0 aliphatic carbocycles. The lowest BCUT2D eigenvalue weighted by Crippen LogP contribution is -2.41. The van der Waals surface area contributed by atoms with Gasteiger partial charge in [0.15, 0.2) is 0 Å². The molecule has 1 heterocycles. The van der Waals surface area contributed by atoms with Crippen molar-refractivity contribution in [3.63, 3.8) is 0 Å². The normalized spacial score (nSPS) is 22.3. The number of nitrogens with zero attached hydrogens (tertiary/aromatic N) is 1. The first kappa shape index (κ1) is 15.7. The minimum atomic E-state index is -0.379. The van der Waals surface area contributed by atoms with E-state index in [9.17, 15) is 9.18 Å². The monoisotopic (exact) mass is 296 g/mol. The van der Waals surface area contributed by atoms with Gasteiger partial charge < -0.3 is 14.8 Å². The van der Waals surface area contributed by atoms with Crippen molar-refractivity contribution in [1.29, 1.82) is 0 Å². The van der Waals surface area contributed by atoms with E-state index in [-0.39, 0.29) is 30.4 Å². The molecule has 0 bridgehead atoms. The third kappa shape index (κ3) is 3.92. The first-order valence-corrected chi connectivity index (χ1v) is 6.87. The summed E-state index contributed by atoms with van der Waals surface area (Å²) < 4.78 is 23.7. The predicted octanol–water partition coefficient (Wildman–Crippen LogP) is 1.17. The minimum absolute atomic E-state index is 0.0692. The fraction of sp³-hybridized carbons (Fsp3) is 0.533. The Labute approximate surface area is 124 Å². The number of hydrogen-bond acceptors (Lipinski definition) is 4. The Morgan fingerprint density at radius 3 is 2.81 bits per heavy atom. The fourth-order valence-electron chi connectivity index (χ4n) is 2.58. The lowest BCUT2D eigenvalue weighted by atomic mass is 10.1. The molecule has 1 aromatic carbocycles. The third-order valence-corrected chi connectivity index (χ3v) is 3.78. The maximum Gasteiger partial charge on any atom is 0.237 e. The number of hydrogen-bond donors (Lipinski definition) is 1. The predicted molar refractivity (Wildman–Crippen MR) is 76.6 cm³/mol. The molecule has 0 unspecified atom stereocenters. The van der Waals surface area contributed by atoms with Gasteiger partial charge in [0.05, 0.1) is 19.3 Å². The highest BCUT2D eigenvalue weighted by atomic mass is 19.1. The van der Waals surface area contributed by atoms with Crippen molar-refractivity contribution in [2.75, 3.05) is 27.8 Å². The molecular formula is C15H21FN2O3. The quantitative estimate of drug-likeness (QED) is 0.886. The van der Waals surface area contributed by atoms with E-state index in [0.717, 1.165) is 6.54 Å². The van der Waals surface area contributed by atoms with Crippen molar-refractivity contribution in [2.24, 2.45) is 0 Å². The van der Waals surface area contributed by atoms with Gasteiger partial charge in [-0.25, -0.2) is 4.39 Å². The van der Waals surface area contributed by atoms with Crippen molar-refractivity contribution < 1.29 is 18.7 Å². The molecule has 2 atom stereocenters. The topological polar surface area (TPSA) is 50.8 Å². The highest BCUT2D eigenvalue weighted by Crippen LogP contribution is 2.19. The summed E-state index contributed by atoms with van der Waals surface area (Å²) >= 11 is 0. The number of carbonyl (C=O) groups excluding carboxylic acids is 1. The largest absolute Gasteiger partial charge is 0.497 e. The molecule has 1 amide bonds. The molecule has 21 heavy (non-hydrogen) atoms. The van der Waals surface area contributed by atoms with Gasteiger partial charge in [0, 0.05) is 26.3 Å². The van der Waals surface area contributed by atoms with E-state index in [1.54, 1.807) is 13.2 Å². The van der Waals surface area contributed by atoms with Crippen LogP contribution in [-0.4, -0.2) is 50.8 Å². The molecule has 1 aromatic rings. The highest BCUT2D eigenvalue weighted by Gasteiger charge is 2.34. The number of carbonyl (C=O) groups is 1. The van der Waals surface area contributed by atoms with Crippen LogP contribution >= 0.6 is 0 Å². The number of likely N-dealkylation sites (N-methyl/N-ethyl adjacent to an activating group) is 1. The zero-order valence-electron chi connectivity index (χ0n) is 12.6. The number of benzene rings is 1. The zero-order chi connectivity index (χ0) is 15.4. The first-order chi connectivity index (χ1) is 10.0. The molecule has 1 fully saturated rings. The van der Waals surface area contributed by atoms with E-state index in [1.165, 1.54) is 19.2 Å². The van der Waals surface area contributed by atoms with Gasteiger partial charge in [-0.15, -0.1) is 0 Å². The van der Waals surface area contributed by atoms with Crippen LogP contribution in [0.25, 0.3) is 0 Å². The summed E-state index contributed by atoms with van der Waals surface area (Å²) in [4.78, 5) is 14.2. The number of methoxy groups -OCH3 is 2. The summed E-state index contributed by atoms with van der Waals surface area (Å²) in [5.74, 6) is -0.00649. The second kappa shape index (κ2) is 6.87. The molecule has 6 heteroatoms. The van der Waals surface area contributed by atoms with Crippen molar-refractivity contribution in [3.8, 4) is 5.75 Å². The number of likely N-dealkylation sites (tertiary alicyclic amines) is 1. The van der Waals surface area contributed by atoms with Crippen LogP contribution in [0.4, 0.5) is 4.39 Å². The number of nitrogens with one attached hydrogen (secondary N) is 1. The SMILES string of the molecule is COc1cc(F)cc(CNC(=O)[C@@H]2C[C@H](OC)CN2C)c1. The average molecular weight is 296 g/mol. The van der Waals surface area contributed by atoms with Crippen LogP contribution in [-0.2, 0) is 16.1 Å². The minimum Gasteiger partial charge on any atom is -0.497 e. The molecule has 2 rings (SSSR count). The molecule has 0 radical (unpaired) electrons. The lowest BCUT2D eigenvalue weighted by molar-refractivity contribution is -0.125. The Hall–Kier alpha value is -1.66. The molecule has 116 valence electrons. The molecule has 1 aliphatic heterocycles. The fourth-order valence-corrected chi connectivity index (χ4v) is 2.58. The first-order valence-electron chi connectivity index (χ1n) is 6.87. The summed E-state index contributed by atoms with van der Waals surface area (Å²) in [6, 6.07) is 4.20. The van der Waals surface area contributed by atoms with E-state index in [0.29, 0.717) is 17.7 Å². The van der Waals surface area contributed by atoms with Crippen molar-refractivity contribution in [3.05, 3.63) is 29.6 Å². The number of halogens is 1. The maximum atomic E-state index is 13.4. The van der Waals surface area contributed by atoms with Gasteiger partial charge in [0.25, 0.3) is 0 Å². The van der Waals surface area contributed by atoms with Gasteiger partial charge in [0.1, 0.15) is 11.6 Å². The van der Waals surface area contributed by atoms with Gasteiger partial charge in [-0.3, -0.25) is 9.69 Å². The van der Waals surface area contributed by atoms with Gasteiger partial charge >= 0.3 is 0 Å². The van der Waals surface area contributed by atoms with E-state index >= 15 is 0 Å². The number of amides is 1. The zero-order valence-corrected chi connectivity index (χ0v) is 12.6. The van der Waals surface area contributed by atoms with Crippen LogP contribution in [0.2, 0.25) is 0 Å². The van der Waals surface area contributed by atoms with E-state index < -0.39 is 0 Å². The molecule has 0 spiro atoms. The molecular weight excluding hydrogens is 275 g/mol. The molecule has 0 aromatic heterocycles. The van der Waals surface area contributed by atoms with Crippen LogP contribution in [0.5, 0.6) is 5.75 Å². The van der Waals surface area contributed by atoms with Crippen LogP contribution in [0.15, 0.2) is 18.2 Å². The van der Waals surface area contributed by atoms with Gasteiger partial charge in [0.2, 0.25) is 5.91 Å². The Morgan fingerprint density at radius 2 is 2.19 bits per heavy atom. The van der Waals surface area contributed by atoms with Crippen LogP contribution in [0, 0.1) is 5.82 Å². The van der Waals surface area contributed by atoms with Gasteiger partial charge in [-0.1, -0.05) is 0 Å². The molecule has 1 saturated heterocycles. The van der Waals surface area contributed by atoms with E-state index in [1.807, 2.05) is 11.9 Å². The summed E-state index contributed by atoms with van der Waals surface area (Å²) in [5.41, 5.74) is 0.671. The van der Waals surface area contributed by atoms with Crippen molar-refractivity contribution >= 4 is 5.91 Å². The third-order valence-electron chi connectivity index (χ3n) is 3.78. The standard InChI is InChI=1S/C15H21FN2O3/c1-18-9-13(21-3)7-14(18)15(19)17-8-10-4-11(16)6-12(5-10)20-2/h4-6,13-14H,7-9H2,1-3H3,(H,17,19)/t13-,14-/m0/s1. The Morgan fingerprint density at radius 1 is 1.43 bits per heavy atom. The summed E-state index contributed by atoms with van der Waals surface area (Å²) in [7, 11) is 5.03. The van der Waals surface area contributed by atoms with Gasteiger partial charge in [-0.2, -0.15) is 0 Å². The number of ether oxygens (including phenoxy) is 2. The second-order valence-corrected chi connectivity index (χ2v) is 5.27. The van der Waals surface area contributed by atoms with Crippen molar-refractivity contribution in [2.45, 2.75) is 25.1 Å². The maximum absolute atomic E-state index is 13.4. The lowest BCUT2D eigenvalue weighted by Gasteiger charge is -2.18. The second-order valence-electron chi connectivity index (χ2n) is 5.27. The summed E-state index contributed by atoms with van der Waals surface area (Å²) in [5, 5.41) is 2.84. The van der Waals surface area contributed by atoms with Crippen molar-refractivity contribution in [1.82, 2.24) is 10.2 Å². The molecule has 1 N–H and O–H groups in total. The smallest absolute Gasteiger partial charge is 0.237 e. The van der Waals surface area contributed by atoms with E-state index in [4.69, 9.17) is 9.47 Å². The average Bonchev–Trinajstić information content (AvgIpc) is 2.85.